The molecule has 1 aliphatic rings. The van der Waals surface area contributed by atoms with Crippen molar-refractivity contribution in [2.24, 2.45) is 0 Å². The Morgan fingerprint density at radius 1 is 1.41 bits per heavy atom. The molecule has 0 spiro atoms. The van der Waals surface area contributed by atoms with Crippen LogP contribution in [0.4, 0.5) is 14.3 Å². The average Bonchev–Trinajstić information content (AvgIpc) is 3.02. The number of hydrogen-bond acceptors (Lipinski definition) is 6. The van der Waals surface area contributed by atoms with E-state index in [0.717, 1.165) is 34.8 Å². The van der Waals surface area contributed by atoms with E-state index in [4.69, 9.17) is 10.00 Å². The molecule has 9 heteroatoms. The highest BCUT2D eigenvalue weighted by Crippen LogP contribution is 2.38. The highest BCUT2D eigenvalue weighted by atomic mass is 79.9. The van der Waals surface area contributed by atoms with Crippen molar-refractivity contribution in [1.82, 2.24) is 10.3 Å². The summed E-state index contributed by atoms with van der Waals surface area (Å²) in [6, 6.07) is 6.38. The fourth-order valence-electron chi connectivity index (χ4n) is 3.05. The zero-order chi connectivity index (χ0) is 21.2. The number of piperidine rings is 1. The number of hydrogen-bond donors (Lipinski definition) is 1. The Morgan fingerprint density at radius 3 is 2.69 bits per heavy atom. The van der Waals surface area contributed by atoms with Crippen molar-refractivity contribution in [1.29, 1.82) is 5.26 Å². The molecule has 0 aliphatic carbocycles. The van der Waals surface area contributed by atoms with Crippen molar-refractivity contribution in [3.05, 3.63) is 33.4 Å². The normalized spacial score (nSPS) is 15.1. The third-order valence-corrected chi connectivity index (χ3v) is 6.19. The summed E-state index contributed by atoms with van der Waals surface area (Å²) in [5, 5.41) is 12.7. The maximum Gasteiger partial charge on any atom is 0.407 e. The van der Waals surface area contributed by atoms with Crippen LogP contribution in [0.3, 0.4) is 0 Å². The fraction of sp³-hybridized carbons (Fsp3) is 0.450. The Hall–Kier alpha value is -2.18. The van der Waals surface area contributed by atoms with Crippen LogP contribution in [0.25, 0.3) is 11.3 Å². The smallest absolute Gasteiger partial charge is 0.407 e. The molecule has 1 N–H and O–H groups in total. The van der Waals surface area contributed by atoms with Crippen molar-refractivity contribution in [3.8, 4) is 17.3 Å². The summed E-state index contributed by atoms with van der Waals surface area (Å²) >= 11 is 5.01. The van der Waals surface area contributed by atoms with E-state index in [1.165, 1.54) is 23.5 Å². The number of carbonyl (C=O) groups excluding carboxylic acids is 1. The molecule has 0 unspecified atom stereocenters. The molecule has 0 saturated carbocycles. The predicted octanol–water partition coefficient (Wildman–Crippen LogP) is 5.08. The lowest BCUT2D eigenvalue weighted by Crippen LogP contribution is -2.46. The van der Waals surface area contributed by atoms with Gasteiger partial charge in [0.25, 0.3) is 0 Å². The highest BCUT2D eigenvalue weighted by molar-refractivity contribution is 9.11. The molecule has 1 amide bonds. The number of aromatic nitrogens is 1. The van der Waals surface area contributed by atoms with Gasteiger partial charge in [0.1, 0.15) is 17.5 Å². The van der Waals surface area contributed by atoms with Gasteiger partial charge in [0.05, 0.1) is 15.0 Å². The van der Waals surface area contributed by atoms with Crippen LogP contribution in [-0.2, 0) is 4.74 Å². The van der Waals surface area contributed by atoms with E-state index in [0.29, 0.717) is 11.3 Å². The van der Waals surface area contributed by atoms with E-state index < -0.39 is 17.5 Å². The molecule has 29 heavy (non-hydrogen) atoms. The lowest BCUT2D eigenvalue weighted by molar-refractivity contribution is 0.0497. The van der Waals surface area contributed by atoms with Gasteiger partial charge in [-0.3, -0.25) is 0 Å². The van der Waals surface area contributed by atoms with Gasteiger partial charge in [0.2, 0.25) is 0 Å². The van der Waals surface area contributed by atoms with Crippen LogP contribution in [0.1, 0.15) is 39.2 Å². The topological polar surface area (TPSA) is 78.2 Å². The van der Waals surface area contributed by atoms with Crippen LogP contribution >= 0.6 is 27.3 Å². The summed E-state index contributed by atoms with van der Waals surface area (Å²) < 4.78 is 20.1. The number of carbonyl (C=O) groups is 1. The molecule has 2 heterocycles. The number of halogens is 2. The highest BCUT2D eigenvalue weighted by Gasteiger charge is 2.26. The molecule has 6 nitrogen and oxygen atoms in total. The van der Waals surface area contributed by atoms with Crippen LogP contribution in [0.5, 0.6) is 0 Å². The number of benzene rings is 1. The summed E-state index contributed by atoms with van der Waals surface area (Å²) in [5.74, 6) is -0.555. The first-order chi connectivity index (χ1) is 13.7. The van der Waals surface area contributed by atoms with Crippen LogP contribution in [0, 0.1) is 17.1 Å². The Labute approximate surface area is 181 Å². The zero-order valence-electron chi connectivity index (χ0n) is 16.5. The summed E-state index contributed by atoms with van der Waals surface area (Å²) in [7, 11) is 0. The molecule has 3 rings (SSSR count). The second-order valence-electron chi connectivity index (χ2n) is 7.83. The van der Waals surface area contributed by atoms with Crippen LogP contribution in [0.15, 0.2) is 22.0 Å². The third kappa shape index (κ3) is 5.46. The second kappa shape index (κ2) is 8.67. The number of nitriles is 1. The van der Waals surface area contributed by atoms with Gasteiger partial charge in [-0.05, 0) is 61.7 Å². The molecular formula is C20H22BrFN4O2S. The van der Waals surface area contributed by atoms with E-state index in [2.05, 4.69) is 31.1 Å². The molecule has 1 aromatic heterocycles. The van der Waals surface area contributed by atoms with Crippen LogP contribution in [-0.4, -0.2) is 35.8 Å². The number of amides is 1. The van der Waals surface area contributed by atoms with Gasteiger partial charge in [-0.15, -0.1) is 0 Å². The molecule has 1 aromatic carbocycles. The number of ether oxygens (including phenoxy) is 1. The van der Waals surface area contributed by atoms with E-state index in [-0.39, 0.29) is 11.6 Å². The Kier molecular flexibility index (Phi) is 6.44. The maximum atomic E-state index is 14.0. The van der Waals surface area contributed by atoms with E-state index in [1.807, 2.05) is 26.8 Å². The number of alkyl carbamates (subject to hydrolysis) is 1. The number of rotatable bonds is 3. The van der Waals surface area contributed by atoms with Gasteiger partial charge in [0.15, 0.2) is 5.13 Å². The minimum Gasteiger partial charge on any atom is -0.444 e. The molecule has 0 atom stereocenters. The molecular weight excluding hydrogens is 459 g/mol. The minimum atomic E-state index is -0.555. The quantitative estimate of drug-likeness (QED) is 0.662. The molecule has 2 aromatic rings. The summed E-state index contributed by atoms with van der Waals surface area (Å²) in [5.41, 5.74) is 0.777. The van der Waals surface area contributed by atoms with Crippen molar-refractivity contribution in [2.75, 3.05) is 18.0 Å². The van der Waals surface area contributed by atoms with Gasteiger partial charge in [-0.25, -0.2) is 14.2 Å². The van der Waals surface area contributed by atoms with Crippen LogP contribution in [0.2, 0.25) is 0 Å². The first kappa shape index (κ1) is 21.5. The number of nitrogens with zero attached hydrogens (tertiary/aromatic N) is 3. The summed E-state index contributed by atoms with van der Waals surface area (Å²) in [6.45, 7) is 7.02. The van der Waals surface area contributed by atoms with E-state index in [9.17, 15) is 9.18 Å². The zero-order valence-corrected chi connectivity index (χ0v) is 18.9. The Bertz CT molecular complexity index is 943. The number of anilines is 1. The number of nitrogens with one attached hydrogen (secondary N) is 1. The Morgan fingerprint density at radius 2 is 2.10 bits per heavy atom. The monoisotopic (exact) mass is 480 g/mol. The standard InChI is InChI=1S/C20H22BrFN4O2S/c1-20(2,3)28-19(27)24-14-6-8-26(9-7-14)18-25-16(17(21)29-18)12-4-5-13(11-23)15(22)10-12/h4-5,10,14H,6-9H2,1-3H3,(H,24,27). The van der Waals surface area contributed by atoms with E-state index in [1.54, 1.807) is 6.07 Å². The lowest BCUT2D eigenvalue weighted by Gasteiger charge is -2.32. The third-order valence-electron chi connectivity index (χ3n) is 4.42. The van der Waals surface area contributed by atoms with Crippen molar-refractivity contribution < 1.29 is 13.9 Å². The molecule has 0 radical (unpaired) electrons. The van der Waals surface area contributed by atoms with E-state index >= 15 is 0 Å². The van der Waals surface area contributed by atoms with Gasteiger partial charge < -0.3 is 15.0 Å². The first-order valence-electron chi connectivity index (χ1n) is 9.27. The van der Waals surface area contributed by atoms with Gasteiger partial charge in [0, 0.05) is 24.7 Å². The SMILES string of the molecule is CC(C)(C)OC(=O)NC1CCN(c2nc(-c3ccc(C#N)c(F)c3)c(Br)s2)CC1. The largest absolute Gasteiger partial charge is 0.444 e. The predicted molar refractivity (Wildman–Crippen MR) is 115 cm³/mol. The first-order valence-corrected chi connectivity index (χ1v) is 10.9. The van der Waals surface area contributed by atoms with Crippen molar-refractivity contribution >= 4 is 38.5 Å². The second-order valence-corrected chi connectivity index (χ2v) is 10.1. The van der Waals surface area contributed by atoms with Crippen molar-refractivity contribution in [3.63, 3.8) is 0 Å². The Balaban J connectivity index is 1.64. The van der Waals surface area contributed by atoms with Gasteiger partial charge in [-0.2, -0.15) is 5.26 Å². The number of thiazole rings is 1. The molecule has 1 aliphatic heterocycles. The summed E-state index contributed by atoms with van der Waals surface area (Å²) in [6.07, 6.45) is 1.19. The van der Waals surface area contributed by atoms with Crippen molar-refractivity contribution in [2.45, 2.75) is 45.3 Å². The maximum absolute atomic E-state index is 14.0. The summed E-state index contributed by atoms with van der Waals surface area (Å²) in [4.78, 5) is 18.8. The molecule has 1 saturated heterocycles. The van der Waals surface area contributed by atoms with Gasteiger partial charge in [-0.1, -0.05) is 17.4 Å². The van der Waals surface area contributed by atoms with Crippen LogP contribution < -0.4 is 10.2 Å². The minimum absolute atomic E-state index is 0.0138. The fourth-order valence-corrected chi connectivity index (χ4v) is 4.67. The molecule has 154 valence electrons. The average molecular weight is 481 g/mol. The van der Waals surface area contributed by atoms with Gasteiger partial charge >= 0.3 is 6.09 Å². The molecule has 0 bridgehead atoms. The molecule has 1 fully saturated rings. The lowest BCUT2D eigenvalue weighted by atomic mass is 10.1.